The first kappa shape index (κ1) is 13.5. The summed E-state index contributed by atoms with van der Waals surface area (Å²) in [5.41, 5.74) is 5.75. The van der Waals surface area contributed by atoms with E-state index in [4.69, 9.17) is 20.1 Å². The predicted molar refractivity (Wildman–Crippen MR) is 39.7 cm³/mol. The molecule has 1 rings (SSSR count). The molecule has 0 bridgehead atoms. The van der Waals surface area contributed by atoms with Crippen LogP contribution in [0.15, 0.2) is 18.2 Å². The summed E-state index contributed by atoms with van der Waals surface area (Å²) < 4.78 is 3.02. The van der Waals surface area contributed by atoms with E-state index >= 15 is 0 Å². The number of hydrogen-bond acceptors (Lipinski definition) is 3. The zero-order valence-electron chi connectivity index (χ0n) is 6.02. The van der Waals surface area contributed by atoms with Crippen molar-refractivity contribution in [2.24, 2.45) is 0 Å². The maximum atomic E-state index is 9.09. The molecule has 0 saturated heterocycles. The van der Waals surface area contributed by atoms with Crippen LogP contribution in [0.25, 0.3) is 5.59 Å². The number of hydrogen-bond donors (Lipinski definition) is 0. The van der Waals surface area contributed by atoms with Gasteiger partial charge in [-0.05, 0) is 0 Å². The van der Waals surface area contributed by atoms with Crippen molar-refractivity contribution in [3.8, 4) is 0 Å². The van der Waals surface area contributed by atoms with Gasteiger partial charge in [0.05, 0.1) is 0 Å². The molecule has 0 aromatic rings. The number of carbonyl (C=O) groups excluding carboxylic acids is 2. The molecule has 0 radical (unpaired) electrons. The molecule has 0 spiro atoms. The summed E-state index contributed by atoms with van der Waals surface area (Å²) in [5, 5.41) is 0. The Labute approximate surface area is 77.3 Å². The van der Waals surface area contributed by atoms with Crippen molar-refractivity contribution < 1.29 is 27.2 Å². The molecule has 0 N–H and O–H groups in total. The SMILES string of the molecule is O=[C]=[W]=[C]=O.[C-]1=CC=CC1.[N-]=O. The topological polar surface area (TPSA) is 73.5 Å². The van der Waals surface area contributed by atoms with Crippen LogP contribution in [0.3, 0.4) is 0 Å². The van der Waals surface area contributed by atoms with Crippen LogP contribution >= 0.6 is 0 Å². The van der Waals surface area contributed by atoms with E-state index in [9.17, 15) is 0 Å². The third kappa shape index (κ3) is 16.0. The summed E-state index contributed by atoms with van der Waals surface area (Å²) in [6.07, 6.45) is 10.0. The normalized spacial score (nSPS) is 9.33. The van der Waals surface area contributed by atoms with Crippen LogP contribution in [0.1, 0.15) is 6.42 Å². The Bertz CT molecular complexity index is 234. The first-order valence-electron chi connectivity index (χ1n) is 2.72. The molecule has 0 atom stereocenters. The Morgan fingerprint density at radius 3 is 2.00 bits per heavy atom. The molecule has 5 heteroatoms. The molecule has 64 valence electrons. The summed E-state index contributed by atoms with van der Waals surface area (Å²) >= 11 is -1.37. The fourth-order valence-corrected chi connectivity index (χ4v) is 0.479. The number of allylic oxidation sites excluding steroid dienone is 4. The van der Waals surface area contributed by atoms with Crippen LogP contribution < -0.4 is 0 Å². The van der Waals surface area contributed by atoms with E-state index in [-0.39, 0.29) is 0 Å². The van der Waals surface area contributed by atoms with Crippen LogP contribution in [0, 0.1) is 11.0 Å². The third-order valence-corrected chi connectivity index (χ3v) is 1.27. The molecule has 0 amide bonds. The van der Waals surface area contributed by atoms with E-state index in [1.165, 1.54) is 8.53 Å². The van der Waals surface area contributed by atoms with Crippen molar-refractivity contribution in [1.29, 1.82) is 0 Å². The summed E-state index contributed by atoms with van der Waals surface area (Å²) in [7, 11) is 0. The predicted octanol–water partition coefficient (Wildman–Crippen LogP) is 0.831. The van der Waals surface area contributed by atoms with Crippen LogP contribution in [0.4, 0.5) is 0 Å². The minimum absolute atomic E-state index is 1.01. The fraction of sp³-hybridized carbons (Fsp3) is 0.143. The van der Waals surface area contributed by atoms with Gasteiger partial charge in [0.25, 0.3) is 0 Å². The Balaban J connectivity index is 0. The molecule has 1 aliphatic carbocycles. The first-order chi connectivity index (χ1) is 5.91. The van der Waals surface area contributed by atoms with E-state index in [0.717, 1.165) is 6.42 Å². The second-order valence-corrected chi connectivity index (χ2v) is 3.20. The molecule has 0 aromatic carbocycles. The molecular formula is C7H5NO3W-2. The monoisotopic (exact) mass is 335 g/mol. The van der Waals surface area contributed by atoms with Gasteiger partial charge in [-0.2, -0.15) is 6.08 Å². The van der Waals surface area contributed by atoms with Crippen molar-refractivity contribution in [2.45, 2.75) is 6.42 Å². The summed E-state index contributed by atoms with van der Waals surface area (Å²) in [6, 6.07) is 0. The number of nitroso groups, excluding NO2 is 1. The van der Waals surface area contributed by atoms with Crippen molar-refractivity contribution in [3.63, 3.8) is 0 Å². The van der Waals surface area contributed by atoms with Crippen LogP contribution in [-0.4, -0.2) is 8.53 Å². The van der Waals surface area contributed by atoms with E-state index in [1.54, 1.807) is 0 Å². The standard InChI is InChI=1S/C5H5.2CO.NO.W/c1-2-4-5-3-1;3*1-2;/h1-3H,4H2;;;;/q-1;;;-1;. The van der Waals surface area contributed by atoms with Crippen LogP contribution in [0.2, 0.25) is 0 Å². The second-order valence-electron chi connectivity index (χ2n) is 1.27. The van der Waals surface area contributed by atoms with Crippen molar-refractivity contribution in [1.82, 2.24) is 0 Å². The molecule has 4 nitrogen and oxygen atoms in total. The Morgan fingerprint density at radius 1 is 1.33 bits per heavy atom. The largest absolute Gasteiger partial charge is 0.577 e. The van der Waals surface area contributed by atoms with Crippen LogP contribution in [-0.2, 0) is 27.2 Å². The van der Waals surface area contributed by atoms with Crippen LogP contribution in [0.5, 0.6) is 0 Å². The van der Waals surface area contributed by atoms with Gasteiger partial charge in [-0.25, -0.2) is 12.2 Å². The van der Waals surface area contributed by atoms with Gasteiger partial charge in [0.15, 0.2) is 0 Å². The van der Waals surface area contributed by atoms with Gasteiger partial charge in [0.2, 0.25) is 0 Å². The second kappa shape index (κ2) is 16.5. The Kier molecular flexibility index (Phi) is 18.6. The van der Waals surface area contributed by atoms with E-state index in [2.05, 4.69) is 12.2 Å². The maximum absolute atomic E-state index is 9.09. The number of rotatable bonds is 0. The Morgan fingerprint density at radius 2 is 1.92 bits per heavy atom. The van der Waals surface area contributed by atoms with Crippen molar-refractivity contribution in [3.05, 3.63) is 34.8 Å². The molecule has 0 aromatic heterocycles. The average Bonchev–Trinajstić information content (AvgIpc) is 2.67. The third-order valence-electron chi connectivity index (χ3n) is 0.669. The van der Waals surface area contributed by atoms with Gasteiger partial charge < -0.3 is 10.5 Å². The molecule has 0 unspecified atom stereocenters. The molecule has 12 heavy (non-hydrogen) atoms. The minimum atomic E-state index is -1.37. The summed E-state index contributed by atoms with van der Waals surface area (Å²) in [6.45, 7) is 0. The quantitative estimate of drug-likeness (QED) is 0.616. The molecule has 0 saturated carbocycles. The molecule has 1 aliphatic rings. The van der Waals surface area contributed by atoms with Crippen molar-refractivity contribution in [2.75, 3.05) is 0 Å². The van der Waals surface area contributed by atoms with Gasteiger partial charge in [0, 0.05) is 0 Å². The van der Waals surface area contributed by atoms with Gasteiger partial charge in [-0.15, -0.1) is 6.42 Å². The van der Waals surface area contributed by atoms with Gasteiger partial charge >= 0.3 is 35.8 Å². The van der Waals surface area contributed by atoms with E-state index < -0.39 is 17.6 Å². The van der Waals surface area contributed by atoms with E-state index in [1.807, 2.05) is 12.2 Å². The number of nitrogens with zero attached hydrogens (tertiary/aromatic N) is 1. The molecule has 0 fully saturated rings. The van der Waals surface area contributed by atoms with E-state index in [0.29, 0.717) is 0 Å². The van der Waals surface area contributed by atoms with Crippen molar-refractivity contribution >= 4 is 8.53 Å². The summed E-state index contributed by atoms with van der Waals surface area (Å²) in [5.74, 6) is 0. The zero-order valence-corrected chi connectivity index (χ0v) is 8.95. The average molecular weight is 335 g/mol. The molecule has 0 heterocycles. The summed E-state index contributed by atoms with van der Waals surface area (Å²) in [4.78, 5) is 25.4. The molecular weight excluding hydrogens is 330 g/mol. The van der Waals surface area contributed by atoms with Gasteiger partial charge in [0.1, 0.15) is 0 Å². The molecule has 0 aliphatic heterocycles. The smallest absolute Gasteiger partial charge is 0.109 e. The first-order valence-corrected chi connectivity index (χ1v) is 5.65. The zero-order chi connectivity index (χ0) is 9.66. The van der Waals surface area contributed by atoms with Gasteiger partial charge in [-0.1, -0.05) is 0 Å². The fourth-order valence-electron chi connectivity index (χ4n) is 0.357. The maximum Gasteiger partial charge on any atom is -0.109 e. The minimum Gasteiger partial charge on any atom is -0.577 e. The van der Waals surface area contributed by atoms with Gasteiger partial charge in [-0.3, -0.25) is 6.08 Å². The Hall–Kier alpha value is -1.07.